The zero-order valence-electron chi connectivity index (χ0n) is 16.8. The van der Waals surface area contributed by atoms with Crippen LogP contribution >= 0.6 is 0 Å². The molecule has 0 radical (unpaired) electrons. The van der Waals surface area contributed by atoms with Gasteiger partial charge in [-0.2, -0.15) is 0 Å². The number of nitrogens with one attached hydrogen (secondary N) is 1. The molecule has 0 aliphatic carbocycles. The van der Waals surface area contributed by atoms with Crippen LogP contribution in [0.25, 0.3) is 22.2 Å². The predicted molar refractivity (Wildman–Crippen MR) is 116 cm³/mol. The molecule has 1 amide bonds. The van der Waals surface area contributed by atoms with E-state index in [1.54, 1.807) is 43.3 Å². The summed E-state index contributed by atoms with van der Waals surface area (Å²) in [7, 11) is 0. The van der Waals surface area contributed by atoms with Gasteiger partial charge in [-0.3, -0.25) is 4.79 Å². The van der Waals surface area contributed by atoms with Gasteiger partial charge in [0.15, 0.2) is 12.4 Å². The number of rotatable bonds is 7. The predicted octanol–water partition coefficient (Wildman–Crippen LogP) is 4.69. The molecule has 0 aliphatic rings. The van der Waals surface area contributed by atoms with Crippen LogP contribution in [-0.4, -0.2) is 30.1 Å². The largest absolute Gasteiger partial charge is 0.481 e. The van der Waals surface area contributed by atoms with Crippen LogP contribution in [0.3, 0.4) is 0 Å². The first-order valence-electron chi connectivity index (χ1n) is 9.77. The molecule has 0 unspecified atom stereocenters. The zero-order chi connectivity index (χ0) is 21.6. The lowest BCUT2D eigenvalue weighted by Gasteiger charge is -2.13. The van der Waals surface area contributed by atoms with Crippen molar-refractivity contribution in [2.75, 3.05) is 18.5 Å². The molecule has 0 spiro atoms. The Hall–Kier alpha value is -4.13. The Morgan fingerprint density at radius 2 is 1.87 bits per heavy atom. The van der Waals surface area contributed by atoms with Crippen molar-refractivity contribution in [2.24, 2.45) is 0 Å². The summed E-state index contributed by atoms with van der Waals surface area (Å²) in [5, 5.41) is 3.44. The fourth-order valence-corrected chi connectivity index (χ4v) is 3.09. The number of hydrogen-bond acceptors (Lipinski definition) is 6. The monoisotopic (exact) mass is 416 g/mol. The Morgan fingerprint density at radius 3 is 2.61 bits per heavy atom. The molecular weight excluding hydrogens is 396 g/mol. The number of amides is 1. The highest BCUT2D eigenvalue weighted by Gasteiger charge is 2.14. The molecule has 0 saturated heterocycles. The van der Waals surface area contributed by atoms with Crippen molar-refractivity contribution in [3.8, 4) is 17.0 Å². The third-order valence-electron chi connectivity index (χ3n) is 4.49. The van der Waals surface area contributed by atoms with E-state index in [0.717, 1.165) is 5.56 Å². The highest BCUT2D eigenvalue weighted by molar-refractivity contribution is 6.03. The normalized spacial score (nSPS) is 10.6. The molecule has 1 N–H and O–H groups in total. The first-order chi connectivity index (χ1) is 15.1. The van der Waals surface area contributed by atoms with E-state index in [1.807, 2.05) is 30.3 Å². The van der Waals surface area contributed by atoms with Crippen LogP contribution in [0.1, 0.15) is 17.5 Å². The number of ether oxygens (including phenoxy) is 2. The summed E-state index contributed by atoms with van der Waals surface area (Å²) in [6, 6.07) is 20.0. The number of aromatic nitrogens is 1. The van der Waals surface area contributed by atoms with Crippen molar-refractivity contribution in [2.45, 2.75) is 6.92 Å². The third kappa shape index (κ3) is 4.72. The Morgan fingerprint density at radius 1 is 1.03 bits per heavy atom. The average molecular weight is 416 g/mol. The van der Waals surface area contributed by atoms with Crippen molar-refractivity contribution in [3.63, 3.8) is 0 Å². The minimum atomic E-state index is -0.462. The van der Waals surface area contributed by atoms with E-state index in [-0.39, 0.29) is 24.9 Å². The second kappa shape index (κ2) is 9.13. The SMILES string of the molecule is CCOC(=O)COc1cc(-c2ccccc2)nc2ccc(NC(=O)c3ccco3)cc12. The van der Waals surface area contributed by atoms with Gasteiger partial charge in [-0.1, -0.05) is 30.3 Å². The van der Waals surface area contributed by atoms with Crippen LogP contribution in [-0.2, 0) is 9.53 Å². The van der Waals surface area contributed by atoms with Gasteiger partial charge in [0.1, 0.15) is 5.75 Å². The van der Waals surface area contributed by atoms with Gasteiger partial charge < -0.3 is 19.2 Å². The average Bonchev–Trinajstić information content (AvgIpc) is 3.33. The van der Waals surface area contributed by atoms with Gasteiger partial charge in [0.25, 0.3) is 5.91 Å². The van der Waals surface area contributed by atoms with E-state index >= 15 is 0 Å². The molecule has 2 aromatic carbocycles. The third-order valence-corrected chi connectivity index (χ3v) is 4.49. The summed E-state index contributed by atoms with van der Waals surface area (Å²) in [4.78, 5) is 28.8. The molecular formula is C24H20N2O5. The lowest BCUT2D eigenvalue weighted by Crippen LogP contribution is -2.15. The number of carbonyl (C=O) groups is 2. The summed E-state index contributed by atoms with van der Waals surface area (Å²) < 4.78 is 15.9. The minimum Gasteiger partial charge on any atom is -0.481 e. The highest BCUT2D eigenvalue weighted by atomic mass is 16.6. The quantitative estimate of drug-likeness (QED) is 0.440. The van der Waals surface area contributed by atoms with Crippen LogP contribution in [0.2, 0.25) is 0 Å². The standard InChI is InChI=1S/C24H20N2O5/c1-2-29-23(27)15-31-22-14-20(16-7-4-3-5-8-16)26-19-11-10-17(13-18(19)22)25-24(28)21-9-6-12-30-21/h3-14H,2,15H2,1H3,(H,25,28). The maximum Gasteiger partial charge on any atom is 0.344 e. The van der Waals surface area contributed by atoms with Gasteiger partial charge in [0.05, 0.1) is 24.1 Å². The number of pyridine rings is 1. The minimum absolute atomic E-state index is 0.205. The van der Waals surface area contributed by atoms with Crippen LogP contribution in [0.5, 0.6) is 5.75 Å². The molecule has 4 rings (SSSR count). The molecule has 4 aromatic rings. The second-order valence-electron chi connectivity index (χ2n) is 6.63. The van der Waals surface area contributed by atoms with Crippen LogP contribution in [0.15, 0.2) is 77.4 Å². The van der Waals surface area contributed by atoms with Crippen molar-refractivity contribution in [3.05, 3.63) is 78.8 Å². The molecule has 7 heteroatoms. The van der Waals surface area contributed by atoms with Crippen LogP contribution in [0.4, 0.5) is 5.69 Å². The van der Waals surface area contributed by atoms with Crippen molar-refractivity contribution in [1.82, 2.24) is 4.98 Å². The van der Waals surface area contributed by atoms with Gasteiger partial charge >= 0.3 is 5.97 Å². The van der Waals surface area contributed by atoms with Crippen molar-refractivity contribution >= 4 is 28.5 Å². The highest BCUT2D eigenvalue weighted by Crippen LogP contribution is 2.32. The summed E-state index contributed by atoms with van der Waals surface area (Å²) in [5.41, 5.74) is 2.83. The van der Waals surface area contributed by atoms with E-state index < -0.39 is 5.97 Å². The fraction of sp³-hybridized carbons (Fsp3) is 0.125. The van der Waals surface area contributed by atoms with E-state index in [1.165, 1.54) is 6.26 Å². The van der Waals surface area contributed by atoms with Gasteiger partial charge in [0.2, 0.25) is 0 Å². The first kappa shape index (κ1) is 20.2. The topological polar surface area (TPSA) is 90.7 Å². The molecule has 7 nitrogen and oxygen atoms in total. The molecule has 31 heavy (non-hydrogen) atoms. The number of carbonyl (C=O) groups excluding carboxylic acids is 2. The lowest BCUT2D eigenvalue weighted by molar-refractivity contribution is -0.145. The summed E-state index contributed by atoms with van der Waals surface area (Å²) in [6.45, 7) is 1.78. The van der Waals surface area contributed by atoms with Gasteiger partial charge in [-0.25, -0.2) is 9.78 Å². The summed E-state index contributed by atoms with van der Waals surface area (Å²) in [5.74, 6) is -0.161. The van der Waals surface area contributed by atoms with E-state index in [4.69, 9.17) is 18.9 Å². The Bertz CT molecular complexity index is 1200. The van der Waals surface area contributed by atoms with E-state index in [2.05, 4.69) is 5.32 Å². The Labute approximate surface area is 178 Å². The number of hydrogen-bond donors (Lipinski definition) is 1. The molecule has 156 valence electrons. The number of furan rings is 1. The molecule has 0 fully saturated rings. The first-order valence-corrected chi connectivity index (χ1v) is 9.77. The molecule has 0 saturated carbocycles. The van der Waals surface area contributed by atoms with Gasteiger partial charge in [-0.15, -0.1) is 0 Å². The van der Waals surface area contributed by atoms with E-state index in [0.29, 0.717) is 28.0 Å². The fourth-order valence-electron chi connectivity index (χ4n) is 3.09. The van der Waals surface area contributed by atoms with Crippen LogP contribution < -0.4 is 10.1 Å². The molecule has 0 aliphatic heterocycles. The van der Waals surface area contributed by atoms with Crippen molar-refractivity contribution in [1.29, 1.82) is 0 Å². The van der Waals surface area contributed by atoms with Crippen LogP contribution in [0, 0.1) is 0 Å². The molecule has 0 atom stereocenters. The Kier molecular flexibility index (Phi) is 5.93. The smallest absolute Gasteiger partial charge is 0.344 e. The lowest BCUT2D eigenvalue weighted by atomic mass is 10.1. The Balaban J connectivity index is 1.70. The van der Waals surface area contributed by atoms with Gasteiger partial charge in [-0.05, 0) is 37.3 Å². The molecule has 2 heterocycles. The number of esters is 1. The number of nitrogens with zero attached hydrogens (tertiary/aromatic N) is 1. The maximum atomic E-state index is 12.3. The number of benzene rings is 2. The van der Waals surface area contributed by atoms with E-state index in [9.17, 15) is 9.59 Å². The summed E-state index contributed by atoms with van der Waals surface area (Å²) in [6.07, 6.45) is 1.44. The summed E-state index contributed by atoms with van der Waals surface area (Å²) >= 11 is 0. The number of fused-ring (bicyclic) bond motifs is 1. The zero-order valence-corrected chi connectivity index (χ0v) is 16.8. The van der Waals surface area contributed by atoms with Gasteiger partial charge in [0, 0.05) is 22.7 Å². The second-order valence-corrected chi connectivity index (χ2v) is 6.63. The number of anilines is 1. The molecule has 0 bridgehead atoms. The maximum absolute atomic E-state index is 12.3. The molecule has 2 aromatic heterocycles. The van der Waals surface area contributed by atoms with Crippen molar-refractivity contribution < 1.29 is 23.5 Å².